The topological polar surface area (TPSA) is 51.2 Å². The Balaban J connectivity index is 1.32. The van der Waals surface area contributed by atoms with Gasteiger partial charge in [0.1, 0.15) is 18.4 Å². The van der Waals surface area contributed by atoms with E-state index in [9.17, 15) is 0 Å². The zero-order valence-corrected chi connectivity index (χ0v) is 19.7. The molecule has 3 aliphatic heterocycles. The Morgan fingerprint density at radius 2 is 1.70 bits per heavy atom. The molecule has 0 bridgehead atoms. The summed E-state index contributed by atoms with van der Waals surface area (Å²) in [6.07, 6.45) is 0.995. The molecule has 1 aromatic heterocycles. The molecule has 33 heavy (non-hydrogen) atoms. The van der Waals surface area contributed by atoms with Crippen molar-refractivity contribution in [1.29, 1.82) is 0 Å². The van der Waals surface area contributed by atoms with Crippen molar-refractivity contribution < 1.29 is 9.13 Å². The van der Waals surface area contributed by atoms with Crippen molar-refractivity contribution in [1.82, 2.24) is 24.7 Å². The Hall–Kier alpha value is -2.04. The summed E-state index contributed by atoms with van der Waals surface area (Å²) in [5.41, 5.74) is 1.06. The second kappa shape index (κ2) is 10.1. The van der Waals surface area contributed by atoms with Crippen LogP contribution in [0.4, 0.5) is 15.9 Å². The van der Waals surface area contributed by atoms with Crippen molar-refractivity contribution in [2.45, 2.75) is 18.8 Å². The third-order valence-electron chi connectivity index (χ3n) is 6.86. The van der Waals surface area contributed by atoms with Gasteiger partial charge in [0, 0.05) is 58.6 Å². The number of alkyl halides is 1. The third kappa shape index (κ3) is 4.93. The van der Waals surface area contributed by atoms with Crippen LogP contribution in [-0.2, 0) is 4.74 Å². The molecule has 3 atom stereocenters. The number of halogens is 2. The van der Waals surface area contributed by atoms with Gasteiger partial charge in [-0.3, -0.25) is 9.80 Å². The number of likely N-dealkylation sites (N-methyl/N-ethyl adjacent to an activating group) is 1. The van der Waals surface area contributed by atoms with E-state index in [0.717, 1.165) is 63.1 Å². The molecule has 2 aromatic rings. The molecular formula is C23H31ClFN7O. The predicted octanol–water partition coefficient (Wildman–Crippen LogP) is 1.98. The van der Waals surface area contributed by atoms with Crippen LogP contribution in [0.2, 0.25) is 5.02 Å². The lowest BCUT2D eigenvalue weighted by Crippen LogP contribution is -2.66. The van der Waals surface area contributed by atoms with Gasteiger partial charge < -0.3 is 19.4 Å². The molecule has 0 spiro atoms. The maximum absolute atomic E-state index is 15.8. The highest BCUT2D eigenvalue weighted by atomic mass is 35.5. The summed E-state index contributed by atoms with van der Waals surface area (Å²) in [6, 6.07) is 9.72. The molecule has 178 valence electrons. The Morgan fingerprint density at radius 1 is 0.970 bits per heavy atom. The van der Waals surface area contributed by atoms with Crippen LogP contribution >= 0.6 is 11.6 Å². The van der Waals surface area contributed by atoms with E-state index in [-0.39, 0.29) is 6.23 Å². The summed E-state index contributed by atoms with van der Waals surface area (Å²) in [5.74, 6) is 0.597. The van der Waals surface area contributed by atoms with Gasteiger partial charge in [-0.05, 0) is 25.2 Å². The molecule has 0 amide bonds. The number of anilines is 2. The number of nitrogens with zero attached hydrogens (tertiary/aromatic N) is 7. The van der Waals surface area contributed by atoms with E-state index < -0.39 is 12.5 Å². The van der Waals surface area contributed by atoms with Crippen molar-refractivity contribution in [2.75, 3.05) is 75.8 Å². The highest BCUT2D eigenvalue weighted by Gasteiger charge is 2.44. The molecule has 3 aliphatic rings. The standard InChI is InChI=1S/C23H31ClFN7O/c1-28-8-10-31(11-9-28)23-22(25)32(20-6-7-26-17-27-20)16-21(33-23)30-14-12-29(13-15-30)19-5-3-2-4-18(19)24/h2-7,17,21-23H,8-16H2,1H3. The fourth-order valence-corrected chi connectivity index (χ4v) is 5.12. The summed E-state index contributed by atoms with van der Waals surface area (Å²) >= 11 is 6.41. The predicted molar refractivity (Wildman–Crippen MR) is 127 cm³/mol. The summed E-state index contributed by atoms with van der Waals surface area (Å²) < 4.78 is 22.3. The van der Waals surface area contributed by atoms with Gasteiger partial charge in [-0.25, -0.2) is 14.4 Å². The highest BCUT2D eigenvalue weighted by Crippen LogP contribution is 2.30. The van der Waals surface area contributed by atoms with E-state index in [4.69, 9.17) is 16.3 Å². The summed E-state index contributed by atoms with van der Waals surface area (Å²) in [7, 11) is 2.10. The second-order valence-electron chi connectivity index (χ2n) is 8.89. The zero-order valence-electron chi connectivity index (χ0n) is 18.9. The fourth-order valence-electron chi connectivity index (χ4n) is 4.86. The Bertz CT molecular complexity index is 909. The lowest BCUT2D eigenvalue weighted by Gasteiger charge is -2.50. The number of aromatic nitrogens is 2. The largest absolute Gasteiger partial charge is 0.368 e. The van der Waals surface area contributed by atoms with E-state index in [1.54, 1.807) is 17.2 Å². The number of piperazine rings is 2. The summed E-state index contributed by atoms with van der Waals surface area (Å²) in [4.78, 5) is 19.1. The molecule has 1 aromatic carbocycles. The number of morpholine rings is 1. The molecule has 0 aliphatic carbocycles. The minimum atomic E-state index is -1.29. The van der Waals surface area contributed by atoms with Crippen molar-refractivity contribution >= 4 is 23.1 Å². The van der Waals surface area contributed by atoms with Gasteiger partial charge in [0.2, 0.25) is 6.30 Å². The van der Waals surface area contributed by atoms with Crippen molar-refractivity contribution in [3.05, 3.63) is 47.9 Å². The average molecular weight is 476 g/mol. The molecule has 8 nitrogen and oxygen atoms in total. The molecule has 3 saturated heterocycles. The van der Waals surface area contributed by atoms with E-state index in [1.807, 2.05) is 18.2 Å². The first-order valence-electron chi connectivity index (χ1n) is 11.6. The third-order valence-corrected chi connectivity index (χ3v) is 7.18. The number of rotatable bonds is 4. The van der Waals surface area contributed by atoms with Crippen LogP contribution in [-0.4, -0.2) is 109 Å². The van der Waals surface area contributed by atoms with Crippen LogP contribution in [0.5, 0.6) is 0 Å². The van der Waals surface area contributed by atoms with Gasteiger partial charge in [-0.2, -0.15) is 0 Å². The maximum Gasteiger partial charge on any atom is 0.213 e. The highest BCUT2D eigenvalue weighted by molar-refractivity contribution is 6.33. The molecular weight excluding hydrogens is 445 g/mol. The summed E-state index contributed by atoms with van der Waals surface area (Å²) in [5, 5.41) is 0.769. The fraction of sp³-hybridized carbons (Fsp3) is 0.565. The van der Waals surface area contributed by atoms with E-state index >= 15 is 4.39 Å². The molecule has 0 saturated carbocycles. The molecule has 10 heteroatoms. The lowest BCUT2D eigenvalue weighted by atomic mass is 10.2. The summed E-state index contributed by atoms with van der Waals surface area (Å²) in [6.45, 7) is 7.12. The quantitative estimate of drug-likeness (QED) is 0.622. The average Bonchev–Trinajstić information content (AvgIpc) is 2.86. The minimum Gasteiger partial charge on any atom is -0.368 e. The van der Waals surface area contributed by atoms with Crippen LogP contribution in [0.3, 0.4) is 0 Å². The van der Waals surface area contributed by atoms with Crippen molar-refractivity contribution in [3.8, 4) is 0 Å². The molecule has 4 heterocycles. The first kappa shape index (κ1) is 22.7. The molecule has 3 unspecified atom stereocenters. The van der Waals surface area contributed by atoms with Gasteiger partial charge in [-0.15, -0.1) is 0 Å². The maximum atomic E-state index is 15.8. The minimum absolute atomic E-state index is 0.218. The Labute approximate surface area is 199 Å². The van der Waals surface area contributed by atoms with Gasteiger partial charge in [-0.1, -0.05) is 23.7 Å². The lowest BCUT2D eigenvalue weighted by molar-refractivity contribution is -0.203. The Kier molecular flexibility index (Phi) is 6.94. The smallest absolute Gasteiger partial charge is 0.213 e. The van der Waals surface area contributed by atoms with Crippen LogP contribution in [0.25, 0.3) is 0 Å². The number of ether oxygens (including phenoxy) is 1. The van der Waals surface area contributed by atoms with Crippen LogP contribution < -0.4 is 9.80 Å². The van der Waals surface area contributed by atoms with E-state index in [0.29, 0.717) is 12.4 Å². The first-order valence-corrected chi connectivity index (χ1v) is 12.0. The van der Waals surface area contributed by atoms with Gasteiger partial charge in [0.05, 0.1) is 17.3 Å². The molecule has 0 radical (unpaired) electrons. The van der Waals surface area contributed by atoms with Gasteiger partial charge in [0.25, 0.3) is 0 Å². The van der Waals surface area contributed by atoms with E-state index in [1.165, 1.54) is 6.33 Å². The monoisotopic (exact) mass is 475 g/mol. The van der Waals surface area contributed by atoms with Crippen LogP contribution in [0.1, 0.15) is 0 Å². The number of para-hydroxylation sites is 1. The van der Waals surface area contributed by atoms with Crippen LogP contribution in [0, 0.1) is 0 Å². The molecule has 0 N–H and O–H groups in total. The second-order valence-corrected chi connectivity index (χ2v) is 9.29. The first-order chi connectivity index (χ1) is 16.1. The SMILES string of the molecule is CN1CCN(C2OC(N3CCN(c4ccccc4Cl)CC3)CN(c3ccncn3)C2F)CC1. The van der Waals surface area contributed by atoms with Gasteiger partial charge in [0.15, 0.2) is 6.23 Å². The number of benzene rings is 1. The van der Waals surface area contributed by atoms with Crippen molar-refractivity contribution in [3.63, 3.8) is 0 Å². The zero-order chi connectivity index (χ0) is 22.8. The molecule has 3 fully saturated rings. The number of hydrogen-bond acceptors (Lipinski definition) is 8. The van der Waals surface area contributed by atoms with E-state index in [2.05, 4.69) is 42.7 Å². The normalized spacial score (nSPS) is 28.3. The Morgan fingerprint density at radius 3 is 2.39 bits per heavy atom. The molecule has 5 rings (SSSR count). The van der Waals surface area contributed by atoms with Crippen molar-refractivity contribution in [2.24, 2.45) is 0 Å². The van der Waals surface area contributed by atoms with Crippen LogP contribution in [0.15, 0.2) is 42.9 Å². The number of hydrogen-bond donors (Lipinski definition) is 0. The van der Waals surface area contributed by atoms with Gasteiger partial charge >= 0.3 is 0 Å².